The molecule has 1 unspecified atom stereocenters. The SMILES string of the molecule is CN1CCN(CC2CCN(CC3CCN(C4CCCN(C)C4)CC3)CC2)CC1. The summed E-state index contributed by atoms with van der Waals surface area (Å²) < 4.78 is 0. The third kappa shape index (κ3) is 5.91. The van der Waals surface area contributed by atoms with E-state index in [1.807, 2.05) is 0 Å². The van der Waals surface area contributed by atoms with Gasteiger partial charge in [0, 0.05) is 51.9 Å². The van der Waals surface area contributed by atoms with Gasteiger partial charge in [-0.15, -0.1) is 0 Å². The molecule has 5 nitrogen and oxygen atoms in total. The lowest BCUT2D eigenvalue weighted by atomic mass is 9.91. The summed E-state index contributed by atoms with van der Waals surface area (Å²) in [4.78, 5) is 13.3. The minimum atomic E-state index is 0.838. The highest BCUT2D eigenvalue weighted by Gasteiger charge is 2.29. The van der Waals surface area contributed by atoms with E-state index in [1.54, 1.807) is 0 Å². The van der Waals surface area contributed by atoms with Crippen molar-refractivity contribution in [2.24, 2.45) is 11.8 Å². The van der Waals surface area contributed by atoms with Crippen molar-refractivity contribution in [1.82, 2.24) is 24.5 Å². The Balaban J connectivity index is 1.11. The summed E-state index contributed by atoms with van der Waals surface area (Å²) in [6.45, 7) is 15.8. The molecule has 4 rings (SSSR count). The van der Waals surface area contributed by atoms with Crippen LogP contribution in [-0.4, -0.2) is 123 Å². The third-order valence-electron chi connectivity index (χ3n) is 8.10. The zero-order valence-electron chi connectivity index (χ0n) is 18.7. The zero-order chi connectivity index (χ0) is 19.3. The van der Waals surface area contributed by atoms with Crippen LogP contribution in [0.1, 0.15) is 38.5 Å². The Bertz CT molecular complexity index is 448. The van der Waals surface area contributed by atoms with E-state index in [2.05, 4.69) is 38.6 Å². The first-order valence-electron chi connectivity index (χ1n) is 12.2. The van der Waals surface area contributed by atoms with Crippen LogP contribution in [0.2, 0.25) is 0 Å². The Hall–Kier alpha value is -0.200. The molecule has 0 aromatic heterocycles. The van der Waals surface area contributed by atoms with Gasteiger partial charge in [0.05, 0.1) is 0 Å². The highest BCUT2D eigenvalue weighted by molar-refractivity contribution is 4.85. The quantitative estimate of drug-likeness (QED) is 0.708. The second-order valence-electron chi connectivity index (χ2n) is 10.4. The second kappa shape index (κ2) is 10.2. The van der Waals surface area contributed by atoms with Gasteiger partial charge in [-0.25, -0.2) is 0 Å². The van der Waals surface area contributed by atoms with Gasteiger partial charge in [0.2, 0.25) is 0 Å². The third-order valence-corrected chi connectivity index (χ3v) is 8.10. The molecule has 4 heterocycles. The van der Waals surface area contributed by atoms with E-state index >= 15 is 0 Å². The van der Waals surface area contributed by atoms with Crippen LogP contribution in [0.4, 0.5) is 0 Å². The van der Waals surface area contributed by atoms with Crippen molar-refractivity contribution in [3.8, 4) is 0 Å². The fourth-order valence-corrected chi connectivity index (χ4v) is 6.05. The molecular weight excluding hydrogens is 346 g/mol. The normalized spacial score (nSPS) is 32.1. The molecule has 0 N–H and O–H groups in total. The molecule has 1 atom stereocenters. The average molecular weight is 392 g/mol. The van der Waals surface area contributed by atoms with Crippen molar-refractivity contribution < 1.29 is 0 Å². The maximum atomic E-state index is 2.81. The fourth-order valence-electron chi connectivity index (χ4n) is 6.05. The molecule has 0 radical (unpaired) electrons. The van der Waals surface area contributed by atoms with Crippen LogP contribution in [0.5, 0.6) is 0 Å². The molecule has 0 aromatic rings. The zero-order valence-corrected chi connectivity index (χ0v) is 18.7. The molecule has 0 aliphatic carbocycles. The number of hydrogen-bond donors (Lipinski definition) is 0. The van der Waals surface area contributed by atoms with Crippen LogP contribution in [-0.2, 0) is 0 Å². The molecule has 4 saturated heterocycles. The lowest BCUT2D eigenvalue weighted by molar-refractivity contribution is 0.0601. The molecule has 0 aromatic carbocycles. The summed E-state index contributed by atoms with van der Waals surface area (Å²) in [7, 11) is 4.56. The molecule has 4 aliphatic heterocycles. The van der Waals surface area contributed by atoms with Gasteiger partial charge in [0.15, 0.2) is 0 Å². The Morgan fingerprint density at radius 2 is 1.14 bits per heavy atom. The van der Waals surface area contributed by atoms with Gasteiger partial charge in [-0.2, -0.15) is 0 Å². The van der Waals surface area contributed by atoms with Crippen molar-refractivity contribution >= 4 is 0 Å². The standard InChI is InChI=1S/C23H45N5/c1-24-14-16-27(17-15-24)19-21-5-10-26(11-6-21)18-22-7-12-28(13-8-22)23-4-3-9-25(2)20-23/h21-23H,3-20H2,1-2H3. The summed E-state index contributed by atoms with van der Waals surface area (Å²) in [5.41, 5.74) is 0. The van der Waals surface area contributed by atoms with E-state index in [9.17, 15) is 0 Å². The van der Waals surface area contributed by atoms with Crippen molar-refractivity contribution in [3.05, 3.63) is 0 Å². The molecular formula is C23H45N5. The molecule has 4 aliphatic rings. The topological polar surface area (TPSA) is 16.2 Å². The maximum absolute atomic E-state index is 2.81. The van der Waals surface area contributed by atoms with Gasteiger partial charge >= 0.3 is 0 Å². The first-order chi connectivity index (χ1) is 13.7. The molecule has 0 amide bonds. The highest BCUT2D eigenvalue weighted by Crippen LogP contribution is 2.26. The Morgan fingerprint density at radius 1 is 0.571 bits per heavy atom. The largest absolute Gasteiger partial charge is 0.305 e. The van der Waals surface area contributed by atoms with Crippen LogP contribution in [0.25, 0.3) is 0 Å². The van der Waals surface area contributed by atoms with Crippen molar-refractivity contribution in [3.63, 3.8) is 0 Å². The van der Waals surface area contributed by atoms with Gasteiger partial charge < -0.3 is 19.6 Å². The van der Waals surface area contributed by atoms with Gasteiger partial charge in [0.1, 0.15) is 0 Å². The van der Waals surface area contributed by atoms with Crippen LogP contribution < -0.4 is 0 Å². The number of likely N-dealkylation sites (N-methyl/N-ethyl adjacent to an activating group) is 2. The minimum absolute atomic E-state index is 0.838. The Morgan fingerprint density at radius 3 is 1.75 bits per heavy atom. The van der Waals surface area contributed by atoms with Gasteiger partial charge in [0.25, 0.3) is 0 Å². The average Bonchev–Trinajstić information content (AvgIpc) is 2.72. The molecule has 4 fully saturated rings. The van der Waals surface area contributed by atoms with Gasteiger partial charge in [-0.1, -0.05) is 0 Å². The number of nitrogens with zero attached hydrogens (tertiary/aromatic N) is 5. The summed E-state index contributed by atoms with van der Waals surface area (Å²) in [6, 6.07) is 0.838. The van der Waals surface area contributed by atoms with Crippen LogP contribution >= 0.6 is 0 Å². The first-order valence-corrected chi connectivity index (χ1v) is 12.2. The van der Waals surface area contributed by atoms with E-state index in [0.29, 0.717) is 0 Å². The molecule has 0 spiro atoms. The number of piperidine rings is 3. The van der Waals surface area contributed by atoms with Gasteiger partial charge in [-0.05, 0) is 97.2 Å². The van der Waals surface area contributed by atoms with Crippen LogP contribution in [0.3, 0.4) is 0 Å². The molecule has 5 heteroatoms. The predicted octanol–water partition coefficient (Wildman–Crippen LogP) is 1.75. The smallest absolute Gasteiger partial charge is 0.0223 e. The van der Waals surface area contributed by atoms with E-state index in [4.69, 9.17) is 0 Å². The Labute approximate surface area is 174 Å². The number of piperazine rings is 1. The van der Waals surface area contributed by atoms with Crippen molar-refractivity contribution in [2.45, 2.75) is 44.6 Å². The summed E-state index contributed by atoms with van der Waals surface area (Å²) in [5.74, 6) is 1.90. The van der Waals surface area contributed by atoms with Gasteiger partial charge in [-0.3, -0.25) is 4.90 Å². The van der Waals surface area contributed by atoms with E-state index in [1.165, 1.54) is 117 Å². The molecule has 0 saturated carbocycles. The minimum Gasteiger partial charge on any atom is -0.305 e. The molecule has 0 bridgehead atoms. The predicted molar refractivity (Wildman–Crippen MR) is 118 cm³/mol. The molecule has 162 valence electrons. The highest BCUT2D eigenvalue weighted by atomic mass is 15.3. The number of likely N-dealkylation sites (tertiary alicyclic amines) is 3. The monoisotopic (exact) mass is 391 g/mol. The van der Waals surface area contributed by atoms with Crippen LogP contribution in [0.15, 0.2) is 0 Å². The van der Waals surface area contributed by atoms with E-state index in [-0.39, 0.29) is 0 Å². The lowest BCUT2D eigenvalue weighted by Crippen LogP contribution is -2.50. The maximum Gasteiger partial charge on any atom is 0.0223 e. The van der Waals surface area contributed by atoms with E-state index in [0.717, 1.165) is 17.9 Å². The first kappa shape index (κ1) is 21.0. The summed E-state index contributed by atoms with van der Waals surface area (Å²) >= 11 is 0. The second-order valence-corrected chi connectivity index (χ2v) is 10.4. The van der Waals surface area contributed by atoms with E-state index < -0.39 is 0 Å². The summed E-state index contributed by atoms with van der Waals surface area (Å²) in [5, 5.41) is 0. The van der Waals surface area contributed by atoms with Crippen LogP contribution in [0, 0.1) is 11.8 Å². The summed E-state index contributed by atoms with van der Waals surface area (Å²) in [6.07, 6.45) is 8.54. The number of rotatable bonds is 5. The Kier molecular flexibility index (Phi) is 7.67. The molecule has 28 heavy (non-hydrogen) atoms. The lowest BCUT2D eigenvalue weighted by Gasteiger charge is -2.43. The number of hydrogen-bond acceptors (Lipinski definition) is 5. The fraction of sp³-hybridized carbons (Fsp3) is 1.00. The van der Waals surface area contributed by atoms with Crippen molar-refractivity contribution in [2.75, 3.05) is 92.6 Å². The van der Waals surface area contributed by atoms with Crippen molar-refractivity contribution in [1.29, 1.82) is 0 Å².